The molecule has 0 N–H and O–H groups in total. The molecule has 0 saturated heterocycles. The zero-order chi connectivity index (χ0) is 13.3. The Labute approximate surface area is 98.1 Å². The fraction of sp³-hybridized carbons (Fsp3) is 0.385. The van der Waals surface area contributed by atoms with E-state index in [0.717, 1.165) is 4.90 Å². The first-order valence-corrected chi connectivity index (χ1v) is 5.45. The van der Waals surface area contributed by atoms with Crippen LogP contribution >= 0.6 is 0 Å². The van der Waals surface area contributed by atoms with Crippen LogP contribution in [0.5, 0.6) is 0 Å². The Morgan fingerprint density at radius 1 is 0.875 bits per heavy atom. The van der Waals surface area contributed by atoms with Crippen LogP contribution in [0, 0.1) is 0 Å². The number of hydrogen-bond acceptors (Lipinski definition) is 2. The largest absolute Gasteiger partial charge is 0.277 e. The number of imide groups is 1. The third-order valence-corrected chi connectivity index (χ3v) is 1.77. The van der Waals surface area contributed by atoms with E-state index in [-0.39, 0.29) is 11.8 Å². The molecule has 0 aromatic carbocycles. The molecule has 1 aliphatic heterocycles. The quantitative estimate of drug-likeness (QED) is 0.675. The third kappa shape index (κ3) is 3.19. The number of carbonyl (C=O) groups is 2. The Hall–Kier alpha value is -1.64. The summed E-state index contributed by atoms with van der Waals surface area (Å²) in [7, 11) is 1.44. The lowest BCUT2D eigenvalue weighted by Gasteiger charge is -2.04. The van der Waals surface area contributed by atoms with Gasteiger partial charge in [0.2, 0.25) is 0 Å². The molecular weight excluding hydrogens is 202 g/mol. The van der Waals surface area contributed by atoms with Crippen LogP contribution in [-0.2, 0) is 9.59 Å². The second-order valence-corrected chi connectivity index (χ2v) is 2.40. The Morgan fingerprint density at radius 3 is 1.31 bits per heavy atom. The van der Waals surface area contributed by atoms with Gasteiger partial charge in [-0.15, -0.1) is 0 Å². The molecule has 1 aliphatic rings. The predicted octanol–water partition coefficient (Wildman–Crippen LogP) is 2.71. The summed E-state index contributed by atoms with van der Waals surface area (Å²) < 4.78 is 0. The number of rotatable bonds is 2. The van der Waals surface area contributed by atoms with Crippen LogP contribution in [-0.4, -0.2) is 23.8 Å². The molecule has 0 fully saturated rings. The van der Waals surface area contributed by atoms with E-state index in [2.05, 4.69) is 13.2 Å². The van der Waals surface area contributed by atoms with E-state index in [9.17, 15) is 9.59 Å². The van der Waals surface area contributed by atoms with Crippen molar-refractivity contribution >= 4 is 11.8 Å². The molecule has 16 heavy (non-hydrogen) atoms. The molecule has 90 valence electrons. The van der Waals surface area contributed by atoms with Crippen molar-refractivity contribution in [2.45, 2.75) is 27.7 Å². The Morgan fingerprint density at radius 2 is 1.12 bits per heavy atom. The van der Waals surface area contributed by atoms with Crippen molar-refractivity contribution in [3.05, 3.63) is 36.5 Å². The second kappa shape index (κ2) is 8.65. The van der Waals surface area contributed by atoms with Gasteiger partial charge in [-0.2, -0.15) is 0 Å². The standard InChI is InChI=1S/C9H9NO2.2C2H6/c1-4-6-7(5-2)9(12)10(3)8(6)11;2*1-2/h4-5H,1-2H2,3H3;2*1-2H3. The number of carbonyl (C=O) groups excluding carboxylic acids is 2. The number of likely N-dealkylation sites (N-methyl/N-ethyl adjacent to an activating group) is 1. The predicted molar refractivity (Wildman–Crippen MR) is 67.9 cm³/mol. The molecule has 0 radical (unpaired) electrons. The van der Waals surface area contributed by atoms with Gasteiger partial charge in [-0.1, -0.05) is 53.0 Å². The fourth-order valence-electron chi connectivity index (χ4n) is 1.08. The Bertz CT molecular complexity index is 284. The molecule has 0 unspecified atom stereocenters. The van der Waals surface area contributed by atoms with Crippen LogP contribution in [0.3, 0.4) is 0 Å². The molecule has 1 rings (SSSR count). The minimum absolute atomic E-state index is 0.315. The number of amides is 2. The molecular formula is C13H21NO2. The highest BCUT2D eigenvalue weighted by Crippen LogP contribution is 2.20. The summed E-state index contributed by atoms with van der Waals surface area (Å²) in [6, 6.07) is 0. The van der Waals surface area contributed by atoms with E-state index >= 15 is 0 Å². The van der Waals surface area contributed by atoms with Crippen LogP contribution < -0.4 is 0 Å². The summed E-state index contributed by atoms with van der Waals surface area (Å²) in [5, 5.41) is 0. The van der Waals surface area contributed by atoms with E-state index in [1.165, 1.54) is 19.2 Å². The monoisotopic (exact) mass is 223 g/mol. The van der Waals surface area contributed by atoms with Gasteiger partial charge in [0.1, 0.15) is 0 Å². The van der Waals surface area contributed by atoms with Crippen molar-refractivity contribution in [3.63, 3.8) is 0 Å². The molecule has 0 spiro atoms. The van der Waals surface area contributed by atoms with Gasteiger partial charge in [-0.25, -0.2) is 0 Å². The fourth-order valence-corrected chi connectivity index (χ4v) is 1.08. The van der Waals surface area contributed by atoms with Crippen LogP contribution in [0.1, 0.15) is 27.7 Å². The van der Waals surface area contributed by atoms with Gasteiger partial charge >= 0.3 is 0 Å². The van der Waals surface area contributed by atoms with Crippen molar-refractivity contribution in [1.82, 2.24) is 4.90 Å². The number of nitrogens with zero attached hydrogens (tertiary/aromatic N) is 1. The van der Waals surface area contributed by atoms with Crippen molar-refractivity contribution < 1.29 is 9.59 Å². The lowest BCUT2D eigenvalue weighted by Crippen LogP contribution is -2.26. The van der Waals surface area contributed by atoms with Gasteiger partial charge in [0.25, 0.3) is 11.8 Å². The minimum atomic E-state index is -0.315. The first-order chi connectivity index (χ1) is 7.63. The molecule has 0 saturated carbocycles. The van der Waals surface area contributed by atoms with Crippen molar-refractivity contribution in [2.24, 2.45) is 0 Å². The normalized spacial score (nSPS) is 13.7. The van der Waals surface area contributed by atoms with Gasteiger partial charge in [0, 0.05) is 7.05 Å². The van der Waals surface area contributed by atoms with Crippen molar-refractivity contribution in [3.8, 4) is 0 Å². The molecule has 1 heterocycles. The van der Waals surface area contributed by atoms with Crippen molar-refractivity contribution in [1.29, 1.82) is 0 Å². The molecule has 0 atom stereocenters. The highest BCUT2D eigenvalue weighted by atomic mass is 16.2. The summed E-state index contributed by atoms with van der Waals surface area (Å²) in [6.45, 7) is 14.9. The van der Waals surface area contributed by atoms with Crippen LogP contribution in [0.25, 0.3) is 0 Å². The molecule has 0 bridgehead atoms. The maximum atomic E-state index is 11.2. The number of hydrogen-bond donors (Lipinski definition) is 0. The van der Waals surface area contributed by atoms with E-state index in [0.29, 0.717) is 11.1 Å². The van der Waals surface area contributed by atoms with E-state index < -0.39 is 0 Å². The maximum absolute atomic E-state index is 11.2. The SMILES string of the molecule is C=CC1=C(C=C)C(=O)N(C)C1=O.CC.CC. The molecule has 0 aromatic rings. The van der Waals surface area contributed by atoms with E-state index in [1.54, 1.807) is 0 Å². The first kappa shape index (κ1) is 16.8. The van der Waals surface area contributed by atoms with Gasteiger partial charge in [-0.05, 0) is 0 Å². The van der Waals surface area contributed by atoms with Crippen LogP contribution in [0.15, 0.2) is 36.5 Å². The summed E-state index contributed by atoms with van der Waals surface area (Å²) >= 11 is 0. The smallest absolute Gasteiger partial charge is 0.261 e. The summed E-state index contributed by atoms with van der Waals surface area (Å²) in [4.78, 5) is 23.5. The average Bonchev–Trinajstić information content (AvgIpc) is 2.57. The topological polar surface area (TPSA) is 37.4 Å². The van der Waals surface area contributed by atoms with E-state index in [4.69, 9.17) is 0 Å². The van der Waals surface area contributed by atoms with Gasteiger partial charge in [-0.3, -0.25) is 14.5 Å². The highest BCUT2D eigenvalue weighted by molar-refractivity contribution is 6.21. The lowest BCUT2D eigenvalue weighted by molar-refractivity contribution is -0.135. The Kier molecular flexibility index (Phi) is 9.07. The maximum Gasteiger partial charge on any atom is 0.261 e. The average molecular weight is 223 g/mol. The zero-order valence-electron chi connectivity index (χ0n) is 10.8. The summed E-state index contributed by atoms with van der Waals surface area (Å²) in [6.07, 6.45) is 2.75. The van der Waals surface area contributed by atoms with Gasteiger partial charge < -0.3 is 0 Å². The van der Waals surface area contributed by atoms with E-state index in [1.807, 2.05) is 27.7 Å². The summed E-state index contributed by atoms with van der Waals surface area (Å²) in [5.41, 5.74) is 0.662. The highest BCUT2D eigenvalue weighted by Gasteiger charge is 2.31. The third-order valence-electron chi connectivity index (χ3n) is 1.77. The van der Waals surface area contributed by atoms with Gasteiger partial charge in [0.05, 0.1) is 11.1 Å². The Balaban J connectivity index is 0. The van der Waals surface area contributed by atoms with Gasteiger partial charge in [0.15, 0.2) is 0 Å². The molecule has 0 aliphatic carbocycles. The minimum Gasteiger partial charge on any atom is -0.277 e. The molecule has 3 heteroatoms. The van der Waals surface area contributed by atoms with Crippen LogP contribution in [0.4, 0.5) is 0 Å². The summed E-state index contributed by atoms with van der Waals surface area (Å²) in [5.74, 6) is -0.630. The molecule has 2 amide bonds. The first-order valence-electron chi connectivity index (χ1n) is 5.45. The molecule has 0 aromatic heterocycles. The van der Waals surface area contributed by atoms with Crippen molar-refractivity contribution in [2.75, 3.05) is 7.05 Å². The second-order valence-electron chi connectivity index (χ2n) is 2.40. The lowest BCUT2D eigenvalue weighted by atomic mass is 10.1. The molecule has 3 nitrogen and oxygen atoms in total. The zero-order valence-corrected chi connectivity index (χ0v) is 10.8. The van der Waals surface area contributed by atoms with Crippen LogP contribution in [0.2, 0.25) is 0 Å².